The average Bonchev–Trinajstić information content (AvgIpc) is 2.41. The number of anilines is 2. The fourth-order valence-corrected chi connectivity index (χ4v) is 3.21. The van der Waals surface area contributed by atoms with Crippen LogP contribution in [0.2, 0.25) is 5.02 Å². The normalized spacial score (nSPS) is 11.1. The molecule has 0 amide bonds. The van der Waals surface area contributed by atoms with E-state index >= 15 is 0 Å². The van der Waals surface area contributed by atoms with Crippen molar-refractivity contribution >= 4 is 33.0 Å². The van der Waals surface area contributed by atoms with Gasteiger partial charge in [0, 0.05) is 11.8 Å². The number of methoxy groups -OCH3 is 1. The molecule has 0 radical (unpaired) electrons. The Morgan fingerprint density at radius 2 is 1.95 bits per heavy atom. The van der Waals surface area contributed by atoms with Crippen LogP contribution in [-0.2, 0) is 10.0 Å². The SMILES string of the molecule is COc1cccc(NS(=O)(=O)c2cc(N)ccc2Cl)c1. The maximum atomic E-state index is 12.3. The molecule has 20 heavy (non-hydrogen) atoms. The second kappa shape index (κ2) is 5.60. The molecular weight excluding hydrogens is 300 g/mol. The summed E-state index contributed by atoms with van der Waals surface area (Å²) in [7, 11) is -2.31. The number of hydrogen-bond acceptors (Lipinski definition) is 4. The van der Waals surface area contributed by atoms with E-state index in [-0.39, 0.29) is 9.92 Å². The van der Waals surface area contributed by atoms with Crippen LogP contribution in [0.4, 0.5) is 11.4 Å². The zero-order valence-electron chi connectivity index (χ0n) is 10.6. The highest BCUT2D eigenvalue weighted by molar-refractivity contribution is 7.92. The van der Waals surface area contributed by atoms with Crippen LogP contribution in [-0.4, -0.2) is 15.5 Å². The van der Waals surface area contributed by atoms with Gasteiger partial charge >= 0.3 is 0 Å². The van der Waals surface area contributed by atoms with Crippen LogP contribution in [0.3, 0.4) is 0 Å². The number of benzene rings is 2. The first-order valence-corrected chi connectivity index (χ1v) is 7.50. The van der Waals surface area contributed by atoms with Crippen molar-refractivity contribution in [1.29, 1.82) is 0 Å². The van der Waals surface area contributed by atoms with Crippen molar-refractivity contribution in [2.75, 3.05) is 17.6 Å². The number of nitrogens with one attached hydrogen (secondary N) is 1. The minimum Gasteiger partial charge on any atom is -0.497 e. The van der Waals surface area contributed by atoms with E-state index in [1.54, 1.807) is 24.3 Å². The van der Waals surface area contributed by atoms with Gasteiger partial charge in [-0.2, -0.15) is 0 Å². The molecule has 2 rings (SSSR count). The third kappa shape index (κ3) is 3.15. The molecule has 2 aromatic rings. The second-order valence-corrected chi connectivity index (χ2v) is 6.09. The van der Waals surface area contributed by atoms with E-state index in [4.69, 9.17) is 22.1 Å². The van der Waals surface area contributed by atoms with Gasteiger partial charge in [-0.05, 0) is 30.3 Å². The highest BCUT2D eigenvalue weighted by Crippen LogP contribution is 2.26. The van der Waals surface area contributed by atoms with Crippen LogP contribution in [0, 0.1) is 0 Å². The van der Waals surface area contributed by atoms with E-state index in [1.807, 2.05) is 0 Å². The molecule has 3 N–H and O–H groups in total. The van der Waals surface area contributed by atoms with Gasteiger partial charge in [0.2, 0.25) is 0 Å². The molecule has 0 saturated heterocycles. The van der Waals surface area contributed by atoms with Crippen molar-refractivity contribution in [2.24, 2.45) is 0 Å². The molecule has 0 aliphatic rings. The highest BCUT2D eigenvalue weighted by Gasteiger charge is 2.18. The van der Waals surface area contributed by atoms with Crippen molar-refractivity contribution in [1.82, 2.24) is 0 Å². The molecule has 5 nitrogen and oxygen atoms in total. The smallest absolute Gasteiger partial charge is 0.263 e. The summed E-state index contributed by atoms with van der Waals surface area (Å²) in [4.78, 5) is -0.0676. The Labute approximate surface area is 122 Å². The lowest BCUT2D eigenvalue weighted by molar-refractivity contribution is 0.415. The standard InChI is InChI=1S/C13H13ClN2O3S/c1-19-11-4-2-3-10(8-11)16-20(17,18)13-7-9(15)5-6-12(13)14/h2-8,16H,15H2,1H3. The summed E-state index contributed by atoms with van der Waals surface area (Å²) in [6, 6.07) is 10.9. The second-order valence-electron chi connectivity index (χ2n) is 4.03. The van der Waals surface area contributed by atoms with Gasteiger partial charge in [-0.1, -0.05) is 17.7 Å². The first-order chi connectivity index (χ1) is 9.42. The van der Waals surface area contributed by atoms with Gasteiger partial charge in [0.25, 0.3) is 10.0 Å². The van der Waals surface area contributed by atoms with Gasteiger partial charge in [-0.25, -0.2) is 8.42 Å². The van der Waals surface area contributed by atoms with E-state index in [0.717, 1.165) is 0 Å². The number of ether oxygens (including phenoxy) is 1. The molecule has 0 spiro atoms. The van der Waals surface area contributed by atoms with Gasteiger partial charge in [0.05, 0.1) is 17.8 Å². The Balaban J connectivity index is 2.38. The van der Waals surface area contributed by atoms with E-state index < -0.39 is 10.0 Å². The van der Waals surface area contributed by atoms with E-state index in [9.17, 15) is 8.42 Å². The summed E-state index contributed by atoms with van der Waals surface area (Å²) in [6.07, 6.45) is 0. The zero-order valence-corrected chi connectivity index (χ0v) is 12.2. The van der Waals surface area contributed by atoms with Gasteiger partial charge in [0.15, 0.2) is 0 Å². The Hall–Kier alpha value is -1.92. The molecule has 0 aliphatic carbocycles. The molecular formula is C13H13ClN2O3S. The summed E-state index contributed by atoms with van der Waals surface area (Å²) >= 11 is 5.91. The minimum absolute atomic E-state index is 0.0676. The number of rotatable bonds is 4. The molecule has 0 fully saturated rings. The van der Waals surface area contributed by atoms with Crippen molar-refractivity contribution in [3.63, 3.8) is 0 Å². The van der Waals surface area contributed by atoms with Crippen molar-refractivity contribution in [3.8, 4) is 5.75 Å². The fourth-order valence-electron chi connectivity index (χ4n) is 1.62. The predicted octanol–water partition coefficient (Wildman–Crippen LogP) is 2.73. The molecule has 0 bridgehead atoms. The fraction of sp³-hybridized carbons (Fsp3) is 0.0769. The predicted molar refractivity (Wildman–Crippen MR) is 79.7 cm³/mol. The van der Waals surface area contributed by atoms with Crippen LogP contribution >= 0.6 is 11.6 Å². The molecule has 2 aromatic carbocycles. The van der Waals surface area contributed by atoms with Gasteiger partial charge in [-0.15, -0.1) is 0 Å². The van der Waals surface area contributed by atoms with Crippen LogP contribution in [0.5, 0.6) is 5.75 Å². The van der Waals surface area contributed by atoms with Crippen molar-refractivity contribution in [3.05, 3.63) is 47.5 Å². The topological polar surface area (TPSA) is 81.4 Å². The molecule has 106 valence electrons. The third-order valence-electron chi connectivity index (χ3n) is 2.57. The lowest BCUT2D eigenvalue weighted by Gasteiger charge is -2.11. The Kier molecular flexibility index (Phi) is 4.06. The Morgan fingerprint density at radius 1 is 1.20 bits per heavy atom. The Morgan fingerprint density at radius 3 is 2.65 bits per heavy atom. The van der Waals surface area contributed by atoms with Crippen molar-refractivity contribution in [2.45, 2.75) is 4.90 Å². The molecule has 7 heteroatoms. The maximum absolute atomic E-state index is 12.3. The largest absolute Gasteiger partial charge is 0.497 e. The van der Waals surface area contributed by atoms with Crippen LogP contribution in [0.1, 0.15) is 0 Å². The van der Waals surface area contributed by atoms with E-state index in [2.05, 4.69) is 4.72 Å². The summed E-state index contributed by atoms with van der Waals surface area (Å²) in [5, 5.41) is 0.106. The minimum atomic E-state index is -3.81. The summed E-state index contributed by atoms with van der Waals surface area (Å²) in [5.41, 5.74) is 6.29. The van der Waals surface area contributed by atoms with Crippen LogP contribution < -0.4 is 15.2 Å². The quantitative estimate of drug-likeness (QED) is 0.851. The Bertz CT molecular complexity index is 732. The van der Waals surface area contributed by atoms with Crippen molar-refractivity contribution < 1.29 is 13.2 Å². The molecule has 0 atom stereocenters. The molecule has 0 aliphatic heterocycles. The zero-order chi connectivity index (χ0) is 14.8. The van der Waals surface area contributed by atoms with Gasteiger partial charge in [0.1, 0.15) is 10.6 Å². The lowest BCUT2D eigenvalue weighted by atomic mass is 10.3. The first-order valence-electron chi connectivity index (χ1n) is 5.64. The molecule has 0 heterocycles. The van der Waals surface area contributed by atoms with Gasteiger partial charge in [-0.3, -0.25) is 4.72 Å². The molecule has 0 unspecified atom stereocenters. The number of nitrogen functional groups attached to an aromatic ring is 1. The third-order valence-corrected chi connectivity index (χ3v) is 4.43. The monoisotopic (exact) mass is 312 g/mol. The molecule has 0 saturated carbocycles. The van der Waals surface area contributed by atoms with E-state index in [1.165, 1.54) is 25.3 Å². The summed E-state index contributed by atoms with van der Waals surface area (Å²) in [6.45, 7) is 0. The lowest BCUT2D eigenvalue weighted by Crippen LogP contribution is -2.13. The van der Waals surface area contributed by atoms with Crippen LogP contribution in [0.25, 0.3) is 0 Å². The van der Waals surface area contributed by atoms with E-state index in [0.29, 0.717) is 17.1 Å². The number of sulfonamides is 1. The summed E-state index contributed by atoms with van der Waals surface area (Å²) < 4.78 is 32.0. The summed E-state index contributed by atoms with van der Waals surface area (Å²) in [5.74, 6) is 0.545. The molecule has 0 aromatic heterocycles. The maximum Gasteiger partial charge on any atom is 0.263 e. The number of nitrogens with two attached hydrogens (primary N) is 1. The highest BCUT2D eigenvalue weighted by atomic mass is 35.5. The van der Waals surface area contributed by atoms with Crippen LogP contribution in [0.15, 0.2) is 47.4 Å². The van der Waals surface area contributed by atoms with Gasteiger partial charge < -0.3 is 10.5 Å². The number of halogens is 1. The number of hydrogen-bond donors (Lipinski definition) is 2. The average molecular weight is 313 g/mol. The first kappa shape index (κ1) is 14.5.